The fraction of sp³-hybridized carbons (Fsp3) is 0.0833. The van der Waals surface area contributed by atoms with E-state index >= 15 is 0 Å². The van der Waals surface area contributed by atoms with Gasteiger partial charge in [0.1, 0.15) is 17.2 Å². The van der Waals surface area contributed by atoms with Crippen molar-refractivity contribution in [3.63, 3.8) is 0 Å². The predicted molar refractivity (Wildman–Crippen MR) is 111 cm³/mol. The second-order valence-electron chi connectivity index (χ2n) is 7.30. The summed E-state index contributed by atoms with van der Waals surface area (Å²) in [5.74, 6) is -1.81. The summed E-state index contributed by atoms with van der Waals surface area (Å²) >= 11 is 0. The van der Waals surface area contributed by atoms with Crippen molar-refractivity contribution in [2.24, 2.45) is 0 Å². The van der Waals surface area contributed by atoms with E-state index in [-0.39, 0.29) is 28.8 Å². The Bertz CT molecular complexity index is 1380. The number of aromatic nitrogens is 2. The number of alkyl halides is 3. The highest BCUT2D eigenvalue weighted by atomic mass is 19.4. The molecule has 0 radical (unpaired) electrons. The molecular weight excluding hydrogens is 459 g/mol. The topological polar surface area (TPSA) is 57.4 Å². The van der Waals surface area contributed by atoms with Crippen LogP contribution in [0.25, 0.3) is 23.0 Å². The van der Waals surface area contributed by atoms with Crippen LogP contribution in [-0.2, 0) is 0 Å². The van der Waals surface area contributed by atoms with E-state index in [2.05, 4.69) is 10.1 Å². The summed E-state index contributed by atoms with van der Waals surface area (Å²) in [6.07, 6.45) is -5.65. The molecule has 0 amide bonds. The number of ether oxygens (including phenoxy) is 2. The maximum atomic E-state index is 13.7. The van der Waals surface area contributed by atoms with E-state index in [4.69, 9.17) is 14.0 Å². The zero-order valence-corrected chi connectivity index (χ0v) is 17.0. The average Bonchev–Trinajstić information content (AvgIpc) is 3.31. The van der Waals surface area contributed by atoms with Gasteiger partial charge in [-0.2, -0.15) is 18.2 Å². The van der Waals surface area contributed by atoms with Gasteiger partial charge in [0.25, 0.3) is 5.89 Å². The molecule has 0 bridgehead atoms. The van der Waals surface area contributed by atoms with Gasteiger partial charge in [0.15, 0.2) is 11.6 Å². The van der Waals surface area contributed by atoms with Crippen molar-refractivity contribution in [1.29, 1.82) is 0 Å². The minimum Gasteiger partial charge on any atom is -0.475 e. The molecule has 1 aromatic heterocycles. The summed E-state index contributed by atoms with van der Waals surface area (Å²) < 4.78 is 83.1. The lowest BCUT2D eigenvalue weighted by Crippen LogP contribution is -2.37. The van der Waals surface area contributed by atoms with Crippen molar-refractivity contribution in [2.75, 3.05) is 0 Å². The Morgan fingerprint density at radius 3 is 2.32 bits per heavy atom. The van der Waals surface area contributed by atoms with Crippen LogP contribution in [0.4, 0.5) is 22.0 Å². The Labute approximate surface area is 189 Å². The predicted octanol–water partition coefficient (Wildman–Crippen LogP) is 6.67. The Kier molecular flexibility index (Phi) is 5.27. The smallest absolute Gasteiger partial charge is 0.429 e. The number of halogens is 5. The lowest BCUT2D eigenvalue weighted by Gasteiger charge is -2.27. The third-order valence-electron chi connectivity index (χ3n) is 4.97. The van der Waals surface area contributed by atoms with E-state index in [1.807, 2.05) is 0 Å². The maximum absolute atomic E-state index is 13.7. The average molecular weight is 472 g/mol. The second kappa shape index (κ2) is 8.29. The van der Waals surface area contributed by atoms with E-state index in [0.29, 0.717) is 16.9 Å². The van der Waals surface area contributed by atoms with Gasteiger partial charge in [-0.25, -0.2) is 8.78 Å². The van der Waals surface area contributed by atoms with E-state index < -0.39 is 23.9 Å². The van der Waals surface area contributed by atoms with Gasteiger partial charge in [-0.1, -0.05) is 23.4 Å². The lowest BCUT2D eigenvalue weighted by molar-refractivity contribution is -0.177. The number of fused-ring (bicyclic) bond motifs is 1. The van der Waals surface area contributed by atoms with E-state index in [1.54, 1.807) is 30.3 Å². The molecule has 1 unspecified atom stereocenters. The number of hydrogen-bond donors (Lipinski definition) is 0. The second-order valence-corrected chi connectivity index (χ2v) is 7.30. The minimum absolute atomic E-state index is 0.0510. The first-order chi connectivity index (χ1) is 16.3. The van der Waals surface area contributed by atoms with Crippen molar-refractivity contribution in [3.8, 4) is 28.6 Å². The quantitative estimate of drug-likeness (QED) is 0.311. The van der Waals surface area contributed by atoms with Crippen LogP contribution >= 0.6 is 0 Å². The van der Waals surface area contributed by atoms with Crippen molar-refractivity contribution < 1.29 is 35.9 Å². The highest BCUT2D eigenvalue weighted by Crippen LogP contribution is 2.41. The molecule has 0 saturated carbocycles. The Morgan fingerprint density at radius 2 is 1.59 bits per heavy atom. The lowest BCUT2D eigenvalue weighted by atomic mass is 10.0. The summed E-state index contributed by atoms with van der Waals surface area (Å²) in [5.41, 5.74) is 0.591. The van der Waals surface area contributed by atoms with Crippen molar-refractivity contribution in [3.05, 3.63) is 89.8 Å². The highest BCUT2D eigenvalue weighted by Gasteiger charge is 2.48. The van der Waals surface area contributed by atoms with Gasteiger partial charge in [0.2, 0.25) is 11.9 Å². The Morgan fingerprint density at radius 1 is 0.853 bits per heavy atom. The zero-order chi connectivity index (χ0) is 23.9. The summed E-state index contributed by atoms with van der Waals surface area (Å²) in [6.45, 7) is 0. The summed E-state index contributed by atoms with van der Waals surface area (Å²) in [4.78, 5) is 4.12. The molecule has 0 saturated heterocycles. The minimum atomic E-state index is -4.70. The van der Waals surface area contributed by atoms with Crippen LogP contribution in [0.2, 0.25) is 0 Å². The molecule has 0 spiro atoms. The van der Waals surface area contributed by atoms with Crippen LogP contribution < -0.4 is 9.47 Å². The first kappa shape index (κ1) is 21.6. The van der Waals surface area contributed by atoms with E-state index in [9.17, 15) is 22.0 Å². The summed E-state index contributed by atoms with van der Waals surface area (Å²) in [5, 5.41) is 3.79. The van der Waals surface area contributed by atoms with Gasteiger partial charge < -0.3 is 14.0 Å². The SMILES string of the molecule is Fc1ccc(Oc2ccc(-c3noc(C4=Cc5ccccc5OC4C(F)(F)F)n3)cc2)cc1F. The molecule has 10 heteroatoms. The fourth-order valence-corrected chi connectivity index (χ4v) is 3.36. The molecular formula is C24H13F5N2O3. The molecule has 1 aliphatic rings. The van der Waals surface area contributed by atoms with Crippen molar-refractivity contribution in [1.82, 2.24) is 10.1 Å². The standard InChI is InChI=1S/C24H13F5N2O3/c25-18-10-9-16(12-19(18)26)32-15-7-5-13(6-8-15)22-30-23(34-31-22)17-11-14-3-1-2-4-20(14)33-21(17)24(27,28)29/h1-12,21H. The van der Waals surface area contributed by atoms with E-state index in [1.165, 1.54) is 30.3 Å². The molecule has 3 aromatic carbocycles. The molecule has 1 aliphatic heterocycles. The zero-order valence-electron chi connectivity index (χ0n) is 17.0. The monoisotopic (exact) mass is 472 g/mol. The van der Waals surface area contributed by atoms with Crippen LogP contribution in [0.15, 0.2) is 71.3 Å². The first-order valence-electron chi connectivity index (χ1n) is 9.89. The number of rotatable bonds is 4. The molecule has 1 atom stereocenters. The van der Waals surface area contributed by atoms with Gasteiger partial charge in [-0.3, -0.25) is 0 Å². The van der Waals surface area contributed by atoms with E-state index in [0.717, 1.165) is 12.1 Å². The van der Waals surface area contributed by atoms with Crippen LogP contribution in [0.1, 0.15) is 11.5 Å². The normalized spacial score (nSPS) is 15.3. The number of hydrogen-bond acceptors (Lipinski definition) is 5. The molecule has 5 nitrogen and oxygen atoms in total. The molecule has 172 valence electrons. The fourth-order valence-electron chi connectivity index (χ4n) is 3.36. The number of benzene rings is 3. The van der Waals surface area contributed by atoms with Gasteiger partial charge in [0, 0.05) is 17.2 Å². The molecule has 34 heavy (non-hydrogen) atoms. The molecule has 0 fully saturated rings. The number of nitrogens with zero attached hydrogens (tertiary/aromatic N) is 2. The molecule has 5 rings (SSSR count). The van der Waals surface area contributed by atoms with Crippen molar-refractivity contribution in [2.45, 2.75) is 12.3 Å². The largest absolute Gasteiger partial charge is 0.475 e. The van der Waals surface area contributed by atoms with Gasteiger partial charge in [-0.05, 0) is 48.5 Å². The molecule has 0 aliphatic carbocycles. The maximum Gasteiger partial charge on any atom is 0.429 e. The third-order valence-corrected chi connectivity index (χ3v) is 4.97. The Balaban J connectivity index is 1.41. The molecule has 4 aromatic rings. The van der Waals surface area contributed by atoms with Gasteiger partial charge in [0.05, 0.1) is 5.57 Å². The third kappa shape index (κ3) is 4.21. The van der Waals surface area contributed by atoms with Crippen LogP contribution in [-0.4, -0.2) is 22.4 Å². The highest BCUT2D eigenvalue weighted by molar-refractivity contribution is 5.85. The van der Waals surface area contributed by atoms with Crippen LogP contribution in [0, 0.1) is 11.6 Å². The molecule has 0 N–H and O–H groups in total. The first-order valence-corrected chi connectivity index (χ1v) is 9.89. The Hall–Kier alpha value is -4.21. The van der Waals surface area contributed by atoms with Crippen molar-refractivity contribution >= 4 is 11.6 Å². The summed E-state index contributed by atoms with van der Waals surface area (Å²) in [6, 6.07) is 15.6. The molecule has 2 heterocycles. The van der Waals surface area contributed by atoms with Gasteiger partial charge in [-0.15, -0.1) is 0 Å². The van der Waals surface area contributed by atoms with Crippen LogP contribution in [0.5, 0.6) is 17.2 Å². The van der Waals surface area contributed by atoms with Crippen LogP contribution in [0.3, 0.4) is 0 Å². The van der Waals surface area contributed by atoms with Gasteiger partial charge >= 0.3 is 6.18 Å². The number of para-hydroxylation sites is 1. The summed E-state index contributed by atoms with van der Waals surface area (Å²) in [7, 11) is 0.